The Kier molecular flexibility index (Phi) is 1.98. The van der Waals surface area contributed by atoms with Crippen LogP contribution in [-0.2, 0) is 0 Å². The molecule has 1 aliphatic rings. The summed E-state index contributed by atoms with van der Waals surface area (Å²) in [6.45, 7) is 0.244. The van der Waals surface area contributed by atoms with Crippen LogP contribution < -0.4 is 10.5 Å². The lowest BCUT2D eigenvalue weighted by Crippen LogP contribution is -2.40. The van der Waals surface area contributed by atoms with Gasteiger partial charge in [-0.25, -0.2) is 0 Å². The molecule has 1 atom stereocenters. The summed E-state index contributed by atoms with van der Waals surface area (Å²) >= 11 is 5.74. The summed E-state index contributed by atoms with van der Waals surface area (Å²) in [6, 6.07) is 4.38. The fourth-order valence-electron chi connectivity index (χ4n) is 1.28. The van der Waals surface area contributed by atoms with Crippen LogP contribution in [0.2, 0.25) is 5.02 Å². The molecule has 1 aliphatic heterocycles. The standard InChI is InChI=1S/C9H8ClNO2/c10-5-1-2-8-6(3-5)9(12)7(11)4-13-8/h1-3,7H,4,11H2/t7-/m1/s1. The van der Waals surface area contributed by atoms with Gasteiger partial charge in [0.15, 0.2) is 5.78 Å². The van der Waals surface area contributed by atoms with Gasteiger partial charge in [-0.15, -0.1) is 0 Å². The van der Waals surface area contributed by atoms with Crippen LogP contribution in [0.3, 0.4) is 0 Å². The van der Waals surface area contributed by atoms with Gasteiger partial charge in [0.25, 0.3) is 0 Å². The Balaban J connectivity index is 2.51. The number of benzene rings is 1. The van der Waals surface area contributed by atoms with E-state index in [1.807, 2.05) is 0 Å². The average molecular weight is 198 g/mol. The molecular weight excluding hydrogens is 190 g/mol. The van der Waals surface area contributed by atoms with Gasteiger partial charge in [-0.2, -0.15) is 0 Å². The van der Waals surface area contributed by atoms with Gasteiger partial charge in [0, 0.05) is 5.02 Å². The first-order chi connectivity index (χ1) is 6.18. The number of rotatable bonds is 0. The summed E-state index contributed by atoms with van der Waals surface area (Å²) in [5.74, 6) is 0.458. The van der Waals surface area contributed by atoms with Crippen LogP contribution >= 0.6 is 11.6 Å². The number of nitrogens with two attached hydrogens (primary N) is 1. The first kappa shape index (κ1) is 8.53. The lowest BCUT2D eigenvalue weighted by atomic mass is 10.0. The minimum absolute atomic E-state index is 0.108. The number of hydrogen-bond acceptors (Lipinski definition) is 3. The number of carbonyl (C=O) groups is 1. The molecule has 0 radical (unpaired) electrons. The Morgan fingerprint density at radius 1 is 1.54 bits per heavy atom. The number of ketones is 1. The second-order valence-corrected chi connectivity index (χ2v) is 3.36. The highest BCUT2D eigenvalue weighted by Crippen LogP contribution is 2.26. The maximum atomic E-state index is 11.5. The third-order valence-corrected chi connectivity index (χ3v) is 2.20. The lowest BCUT2D eigenvalue weighted by molar-refractivity contribution is 0.0900. The van der Waals surface area contributed by atoms with Gasteiger partial charge in [-0.1, -0.05) is 11.6 Å². The summed E-state index contributed by atoms with van der Waals surface area (Å²) in [4.78, 5) is 11.5. The number of fused-ring (bicyclic) bond motifs is 1. The largest absolute Gasteiger partial charge is 0.491 e. The van der Waals surface area contributed by atoms with E-state index in [1.54, 1.807) is 18.2 Å². The number of ether oxygens (including phenoxy) is 1. The molecule has 0 spiro atoms. The number of hydrogen-bond donors (Lipinski definition) is 1. The fourth-order valence-corrected chi connectivity index (χ4v) is 1.45. The predicted molar refractivity (Wildman–Crippen MR) is 49.3 cm³/mol. The molecule has 1 aromatic carbocycles. The second-order valence-electron chi connectivity index (χ2n) is 2.92. The summed E-state index contributed by atoms with van der Waals surface area (Å²) in [6.07, 6.45) is 0. The molecule has 0 fully saturated rings. The molecule has 0 aliphatic carbocycles. The van der Waals surface area contributed by atoms with Gasteiger partial charge in [-0.3, -0.25) is 4.79 Å². The van der Waals surface area contributed by atoms with Crippen molar-refractivity contribution in [2.75, 3.05) is 6.61 Å². The van der Waals surface area contributed by atoms with Crippen molar-refractivity contribution in [2.45, 2.75) is 6.04 Å². The van der Waals surface area contributed by atoms with E-state index in [2.05, 4.69) is 0 Å². The van der Waals surface area contributed by atoms with Crippen LogP contribution in [0.1, 0.15) is 10.4 Å². The zero-order valence-corrected chi connectivity index (χ0v) is 7.54. The molecule has 68 valence electrons. The third-order valence-electron chi connectivity index (χ3n) is 1.96. The topological polar surface area (TPSA) is 52.3 Å². The molecule has 13 heavy (non-hydrogen) atoms. The van der Waals surface area contributed by atoms with Crippen LogP contribution in [-0.4, -0.2) is 18.4 Å². The minimum Gasteiger partial charge on any atom is -0.491 e. The molecule has 0 aromatic heterocycles. The molecule has 1 heterocycles. The predicted octanol–water partition coefficient (Wildman–Crippen LogP) is 1.24. The summed E-state index contributed by atoms with van der Waals surface area (Å²) in [5.41, 5.74) is 6.00. The van der Waals surface area contributed by atoms with E-state index < -0.39 is 6.04 Å². The van der Waals surface area contributed by atoms with Crippen LogP contribution in [0.5, 0.6) is 5.75 Å². The smallest absolute Gasteiger partial charge is 0.186 e. The zero-order valence-electron chi connectivity index (χ0n) is 6.79. The highest BCUT2D eigenvalue weighted by Gasteiger charge is 2.25. The van der Waals surface area contributed by atoms with E-state index in [-0.39, 0.29) is 12.4 Å². The monoisotopic (exact) mass is 197 g/mol. The highest BCUT2D eigenvalue weighted by molar-refractivity contribution is 6.31. The van der Waals surface area contributed by atoms with Gasteiger partial charge < -0.3 is 10.5 Å². The van der Waals surface area contributed by atoms with Crippen molar-refractivity contribution in [2.24, 2.45) is 5.73 Å². The van der Waals surface area contributed by atoms with Gasteiger partial charge in [-0.05, 0) is 18.2 Å². The van der Waals surface area contributed by atoms with Gasteiger partial charge in [0.2, 0.25) is 0 Å². The Labute approximate surface area is 80.4 Å². The Bertz CT molecular complexity index is 365. The van der Waals surface area contributed by atoms with Gasteiger partial charge in [0.05, 0.1) is 5.56 Å². The van der Waals surface area contributed by atoms with E-state index in [4.69, 9.17) is 22.1 Å². The summed E-state index contributed by atoms with van der Waals surface area (Å²) in [5, 5.41) is 0.518. The summed E-state index contributed by atoms with van der Waals surface area (Å²) < 4.78 is 5.26. The number of carbonyl (C=O) groups excluding carboxylic acids is 1. The normalized spacial score (nSPS) is 20.8. The molecule has 0 bridgehead atoms. The second kappa shape index (κ2) is 3.01. The fraction of sp³-hybridized carbons (Fsp3) is 0.222. The zero-order chi connectivity index (χ0) is 9.42. The maximum absolute atomic E-state index is 11.5. The average Bonchev–Trinajstić information content (AvgIpc) is 2.12. The third kappa shape index (κ3) is 1.41. The van der Waals surface area contributed by atoms with E-state index in [9.17, 15) is 4.79 Å². The van der Waals surface area contributed by atoms with Gasteiger partial charge >= 0.3 is 0 Å². The molecule has 2 rings (SSSR count). The van der Waals surface area contributed by atoms with Crippen LogP contribution in [0, 0.1) is 0 Å². The highest BCUT2D eigenvalue weighted by atomic mass is 35.5. The number of halogens is 1. The Morgan fingerprint density at radius 3 is 3.08 bits per heavy atom. The molecular formula is C9H8ClNO2. The van der Waals surface area contributed by atoms with Gasteiger partial charge in [0.1, 0.15) is 18.4 Å². The van der Waals surface area contributed by atoms with Crippen molar-refractivity contribution < 1.29 is 9.53 Å². The molecule has 0 saturated heterocycles. The lowest BCUT2D eigenvalue weighted by Gasteiger charge is -2.20. The molecule has 4 heteroatoms. The van der Waals surface area contributed by atoms with Crippen molar-refractivity contribution >= 4 is 17.4 Å². The first-order valence-corrected chi connectivity index (χ1v) is 4.28. The quantitative estimate of drug-likeness (QED) is 0.681. The molecule has 0 amide bonds. The van der Waals surface area contributed by atoms with E-state index in [1.165, 1.54) is 0 Å². The molecule has 0 unspecified atom stereocenters. The van der Waals surface area contributed by atoms with E-state index in [0.29, 0.717) is 16.3 Å². The van der Waals surface area contributed by atoms with Crippen molar-refractivity contribution in [3.63, 3.8) is 0 Å². The first-order valence-electron chi connectivity index (χ1n) is 3.90. The van der Waals surface area contributed by atoms with Crippen molar-refractivity contribution in [3.05, 3.63) is 28.8 Å². The number of Topliss-reactive ketones (excluding diaryl/α,β-unsaturated/α-hetero) is 1. The Hall–Kier alpha value is -1.06. The van der Waals surface area contributed by atoms with Crippen molar-refractivity contribution in [3.8, 4) is 5.75 Å². The molecule has 0 saturated carbocycles. The summed E-state index contributed by atoms with van der Waals surface area (Å²) in [7, 11) is 0. The maximum Gasteiger partial charge on any atom is 0.186 e. The molecule has 1 aromatic rings. The van der Waals surface area contributed by atoms with Crippen molar-refractivity contribution in [1.82, 2.24) is 0 Å². The Morgan fingerprint density at radius 2 is 2.31 bits per heavy atom. The van der Waals surface area contributed by atoms with Crippen LogP contribution in [0.25, 0.3) is 0 Å². The molecule has 2 N–H and O–H groups in total. The molecule has 3 nitrogen and oxygen atoms in total. The minimum atomic E-state index is -0.564. The van der Waals surface area contributed by atoms with E-state index >= 15 is 0 Å². The van der Waals surface area contributed by atoms with E-state index in [0.717, 1.165) is 0 Å². The van der Waals surface area contributed by atoms with Crippen LogP contribution in [0.4, 0.5) is 0 Å². The van der Waals surface area contributed by atoms with Crippen LogP contribution in [0.15, 0.2) is 18.2 Å². The SMILES string of the molecule is N[C@@H]1COc2ccc(Cl)cc2C1=O. The van der Waals surface area contributed by atoms with Crippen molar-refractivity contribution in [1.29, 1.82) is 0 Å².